The van der Waals surface area contributed by atoms with Crippen LogP contribution in [0.5, 0.6) is 0 Å². The molecule has 0 aliphatic carbocycles. The normalized spacial score (nSPS) is 33.0. The van der Waals surface area contributed by atoms with Crippen molar-refractivity contribution in [1.29, 1.82) is 0 Å². The molecule has 2 nitrogen and oxygen atoms in total. The Morgan fingerprint density at radius 3 is 2.88 bits per heavy atom. The maximum absolute atomic E-state index is 5.29. The van der Waals surface area contributed by atoms with Gasteiger partial charge in [-0.25, -0.2) is 0 Å². The number of hydrogen-bond acceptors (Lipinski definition) is 2. The van der Waals surface area contributed by atoms with Crippen LogP contribution in [0.4, 0.5) is 0 Å². The molecule has 1 aliphatic rings. The first-order chi connectivity index (χ1) is 3.79. The molecule has 0 radical (unpaired) electrons. The third-order valence-corrected chi connectivity index (χ3v) is 1.74. The number of rotatable bonds is 0. The largest absolute Gasteiger partial charge is 0.376 e. The van der Waals surface area contributed by atoms with Crippen LogP contribution in [0.15, 0.2) is 0 Å². The van der Waals surface area contributed by atoms with Gasteiger partial charge < -0.3 is 4.74 Å². The standard InChI is InChI=1S/C5H12NOP/c1-5-4-6(8)2-3-7-5/h5H,2-4,8H2,1H3. The molecule has 2 unspecified atom stereocenters. The van der Waals surface area contributed by atoms with Gasteiger partial charge >= 0.3 is 0 Å². The highest BCUT2D eigenvalue weighted by Gasteiger charge is 2.11. The Labute approximate surface area is 52.5 Å². The van der Waals surface area contributed by atoms with Gasteiger partial charge in [0.05, 0.1) is 12.7 Å². The molecule has 0 saturated carbocycles. The average Bonchev–Trinajstić information content (AvgIpc) is 1.64. The zero-order chi connectivity index (χ0) is 5.98. The highest BCUT2D eigenvalue weighted by atomic mass is 31.0. The predicted molar refractivity (Wildman–Crippen MR) is 36.7 cm³/mol. The molecule has 3 heteroatoms. The summed E-state index contributed by atoms with van der Waals surface area (Å²) in [6, 6.07) is 0. The summed E-state index contributed by atoms with van der Waals surface area (Å²) in [7, 11) is 2.68. The second-order valence-electron chi connectivity index (χ2n) is 2.18. The van der Waals surface area contributed by atoms with E-state index in [0.29, 0.717) is 6.10 Å². The molecule has 0 spiro atoms. The van der Waals surface area contributed by atoms with Gasteiger partial charge in [-0.05, 0) is 6.92 Å². The van der Waals surface area contributed by atoms with Gasteiger partial charge in [0.15, 0.2) is 0 Å². The molecule has 0 bridgehead atoms. The van der Waals surface area contributed by atoms with Crippen molar-refractivity contribution in [1.82, 2.24) is 4.67 Å². The Balaban J connectivity index is 2.23. The molecule has 0 aromatic heterocycles. The molecule has 1 rings (SSSR count). The van der Waals surface area contributed by atoms with Crippen LogP contribution in [0.1, 0.15) is 6.92 Å². The van der Waals surface area contributed by atoms with Crippen molar-refractivity contribution in [3.05, 3.63) is 0 Å². The lowest BCUT2D eigenvalue weighted by molar-refractivity contribution is 0.0131. The number of ether oxygens (including phenoxy) is 1. The molecule has 2 atom stereocenters. The van der Waals surface area contributed by atoms with Gasteiger partial charge in [-0.15, -0.1) is 0 Å². The third-order valence-electron chi connectivity index (χ3n) is 1.27. The van der Waals surface area contributed by atoms with E-state index in [2.05, 4.69) is 21.0 Å². The monoisotopic (exact) mass is 133 g/mol. The van der Waals surface area contributed by atoms with E-state index in [1.807, 2.05) is 0 Å². The van der Waals surface area contributed by atoms with Crippen molar-refractivity contribution in [2.75, 3.05) is 19.7 Å². The van der Waals surface area contributed by atoms with Crippen molar-refractivity contribution < 1.29 is 4.74 Å². The van der Waals surface area contributed by atoms with E-state index in [9.17, 15) is 0 Å². The molecule has 1 heterocycles. The van der Waals surface area contributed by atoms with Gasteiger partial charge in [-0.3, -0.25) is 4.67 Å². The molecule has 0 aromatic rings. The van der Waals surface area contributed by atoms with Gasteiger partial charge in [0.1, 0.15) is 0 Å². The van der Waals surface area contributed by atoms with Crippen molar-refractivity contribution in [3.8, 4) is 0 Å². The fraction of sp³-hybridized carbons (Fsp3) is 1.00. The fourth-order valence-electron chi connectivity index (χ4n) is 0.845. The molecule has 1 fully saturated rings. The maximum atomic E-state index is 5.29. The first kappa shape index (κ1) is 6.47. The summed E-state index contributed by atoms with van der Waals surface area (Å²) >= 11 is 0. The van der Waals surface area contributed by atoms with Crippen LogP contribution in [0.2, 0.25) is 0 Å². The molecule has 8 heavy (non-hydrogen) atoms. The predicted octanol–water partition coefficient (Wildman–Crippen LogP) is 0.497. The first-order valence-electron chi connectivity index (χ1n) is 2.90. The molecule has 0 N–H and O–H groups in total. The zero-order valence-electron chi connectivity index (χ0n) is 5.13. The Morgan fingerprint density at radius 2 is 2.50 bits per heavy atom. The molecule has 1 saturated heterocycles. The first-order valence-corrected chi connectivity index (χ1v) is 3.42. The Bertz CT molecular complexity index is 70.8. The molecule has 0 aromatic carbocycles. The molecular formula is C5H12NOP. The number of nitrogens with zero attached hydrogens (tertiary/aromatic N) is 1. The van der Waals surface area contributed by atoms with E-state index in [1.54, 1.807) is 0 Å². The summed E-state index contributed by atoms with van der Waals surface area (Å²) in [6.07, 6.45) is 0.418. The Kier molecular flexibility index (Phi) is 2.24. The van der Waals surface area contributed by atoms with Crippen LogP contribution in [-0.2, 0) is 4.74 Å². The summed E-state index contributed by atoms with van der Waals surface area (Å²) in [6.45, 7) is 5.07. The van der Waals surface area contributed by atoms with Gasteiger partial charge in [0.2, 0.25) is 0 Å². The molecule has 48 valence electrons. The summed E-state index contributed by atoms with van der Waals surface area (Å²) in [5, 5.41) is 0. The second kappa shape index (κ2) is 2.77. The average molecular weight is 133 g/mol. The summed E-state index contributed by atoms with van der Waals surface area (Å²) in [5.74, 6) is 0. The van der Waals surface area contributed by atoms with E-state index in [1.165, 1.54) is 0 Å². The van der Waals surface area contributed by atoms with Crippen molar-refractivity contribution >= 4 is 9.39 Å². The van der Waals surface area contributed by atoms with Crippen LogP contribution < -0.4 is 0 Å². The van der Waals surface area contributed by atoms with Gasteiger partial charge in [-0.1, -0.05) is 9.39 Å². The van der Waals surface area contributed by atoms with E-state index in [4.69, 9.17) is 4.74 Å². The van der Waals surface area contributed by atoms with E-state index in [0.717, 1.165) is 19.7 Å². The van der Waals surface area contributed by atoms with E-state index >= 15 is 0 Å². The van der Waals surface area contributed by atoms with Crippen LogP contribution in [0, 0.1) is 0 Å². The lowest BCUT2D eigenvalue weighted by atomic mass is 10.3. The lowest BCUT2D eigenvalue weighted by Crippen LogP contribution is -2.34. The molecular weight excluding hydrogens is 121 g/mol. The summed E-state index contributed by atoms with van der Waals surface area (Å²) in [4.78, 5) is 0. The quantitative estimate of drug-likeness (QED) is 0.446. The Morgan fingerprint density at radius 1 is 1.75 bits per heavy atom. The highest BCUT2D eigenvalue weighted by molar-refractivity contribution is 7.13. The zero-order valence-corrected chi connectivity index (χ0v) is 6.29. The van der Waals surface area contributed by atoms with Crippen LogP contribution in [0.3, 0.4) is 0 Å². The van der Waals surface area contributed by atoms with Crippen molar-refractivity contribution in [2.45, 2.75) is 13.0 Å². The van der Waals surface area contributed by atoms with E-state index in [-0.39, 0.29) is 0 Å². The molecule has 0 amide bonds. The topological polar surface area (TPSA) is 12.5 Å². The smallest absolute Gasteiger partial charge is 0.0677 e. The van der Waals surface area contributed by atoms with Crippen LogP contribution >= 0.6 is 9.39 Å². The third kappa shape index (κ3) is 1.70. The minimum absolute atomic E-state index is 0.418. The summed E-state index contributed by atoms with van der Waals surface area (Å²) in [5.41, 5.74) is 0. The van der Waals surface area contributed by atoms with Crippen LogP contribution in [-0.4, -0.2) is 30.5 Å². The number of morpholine rings is 1. The number of hydrogen-bond donors (Lipinski definition) is 0. The second-order valence-corrected chi connectivity index (χ2v) is 2.91. The van der Waals surface area contributed by atoms with Crippen LogP contribution in [0.25, 0.3) is 0 Å². The highest BCUT2D eigenvalue weighted by Crippen LogP contribution is 2.07. The Hall–Kier alpha value is 0.350. The van der Waals surface area contributed by atoms with Gasteiger partial charge in [0.25, 0.3) is 0 Å². The van der Waals surface area contributed by atoms with Crippen molar-refractivity contribution in [2.24, 2.45) is 0 Å². The van der Waals surface area contributed by atoms with Crippen molar-refractivity contribution in [3.63, 3.8) is 0 Å². The minimum Gasteiger partial charge on any atom is -0.376 e. The lowest BCUT2D eigenvalue weighted by Gasteiger charge is -2.26. The van der Waals surface area contributed by atoms with Gasteiger partial charge in [0, 0.05) is 13.1 Å². The van der Waals surface area contributed by atoms with Gasteiger partial charge in [-0.2, -0.15) is 0 Å². The maximum Gasteiger partial charge on any atom is 0.0677 e. The minimum atomic E-state index is 0.418. The fourth-order valence-corrected chi connectivity index (χ4v) is 1.25. The SMILES string of the molecule is CC1CN(P)CCO1. The summed E-state index contributed by atoms with van der Waals surface area (Å²) < 4.78 is 7.50. The molecule has 1 aliphatic heterocycles. The van der Waals surface area contributed by atoms with E-state index < -0.39 is 0 Å².